The Balaban J connectivity index is 3.33. The molecule has 0 saturated carbocycles. The van der Waals surface area contributed by atoms with Gasteiger partial charge in [0.15, 0.2) is 5.82 Å². The van der Waals surface area contributed by atoms with E-state index in [0.29, 0.717) is 6.42 Å². The highest BCUT2D eigenvalue weighted by molar-refractivity contribution is 8.13. The third-order valence-corrected chi connectivity index (χ3v) is 4.39. The molecule has 0 aliphatic rings. The Morgan fingerprint density at radius 2 is 1.95 bits per heavy atom. The van der Waals surface area contributed by atoms with Gasteiger partial charge in [0.05, 0.1) is 5.56 Å². The van der Waals surface area contributed by atoms with Crippen molar-refractivity contribution in [2.24, 2.45) is 0 Å². The Morgan fingerprint density at radius 3 is 2.40 bits per heavy atom. The Bertz CT molecular complexity index is 644. The van der Waals surface area contributed by atoms with Crippen LogP contribution in [0.1, 0.15) is 37.6 Å². The van der Waals surface area contributed by atoms with Crippen LogP contribution in [-0.2, 0) is 9.05 Å². The quantitative estimate of drug-likeness (QED) is 0.854. The first-order chi connectivity index (χ1) is 8.98. The number of carbonyl (C=O) groups excluding carboxylic acids is 1. The van der Waals surface area contributed by atoms with E-state index >= 15 is 0 Å². The Labute approximate surface area is 126 Å². The summed E-state index contributed by atoms with van der Waals surface area (Å²) in [4.78, 5) is 11.2. The Kier molecular flexibility index (Phi) is 5.05. The standard InChI is InChI=1S/C12H14Cl2FNO3S/c1-4-12(2,3)16-11(17)8-5-7(13)6-9(10(8)15)20(14,18)19/h5-6H,4H2,1-3H3,(H,16,17). The van der Waals surface area contributed by atoms with Crippen LogP contribution in [0.4, 0.5) is 4.39 Å². The molecule has 0 unspecified atom stereocenters. The molecule has 0 bridgehead atoms. The van der Waals surface area contributed by atoms with Crippen molar-refractivity contribution in [2.45, 2.75) is 37.6 Å². The minimum atomic E-state index is -4.33. The number of rotatable bonds is 4. The van der Waals surface area contributed by atoms with Crippen LogP contribution in [-0.4, -0.2) is 19.9 Å². The lowest BCUT2D eigenvalue weighted by Gasteiger charge is -2.24. The SMILES string of the molecule is CCC(C)(C)NC(=O)c1cc(Cl)cc(S(=O)(=O)Cl)c1F. The van der Waals surface area contributed by atoms with Crippen molar-refractivity contribution in [1.82, 2.24) is 5.32 Å². The minimum absolute atomic E-state index is 0.0925. The zero-order chi connectivity index (χ0) is 15.7. The first-order valence-electron chi connectivity index (χ1n) is 5.74. The molecule has 0 aliphatic carbocycles. The highest BCUT2D eigenvalue weighted by Crippen LogP contribution is 2.26. The predicted octanol–water partition coefficient (Wildman–Crippen LogP) is 3.33. The second-order valence-electron chi connectivity index (χ2n) is 4.89. The van der Waals surface area contributed by atoms with E-state index in [4.69, 9.17) is 22.3 Å². The molecule has 8 heteroatoms. The average molecular weight is 342 g/mol. The number of hydrogen-bond acceptors (Lipinski definition) is 3. The van der Waals surface area contributed by atoms with E-state index in [1.807, 2.05) is 6.92 Å². The molecule has 1 aromatic carbocycles. The van der Waals surface area contributed by atoms with E-state index in [2.05, 4.69) is 5.32 Å². The lowest BCUT2D eigenvalue weighted by molar-refractivity contribution is 0.0906. The van der Waals surface area contributed by atoms with Crippen LogP contribution >= 0.6 is 22.3 Å². The molecular weight excluding hydrogens is 328 g/mol. The molecule has 0 aliphatic heterocycles. The van der Waals surface area contributed by atoms with Gasteiger partial charge >= 0.3 is 0 Å². The van der Waals surface area contributed by atoms with Crippen LogP contribution in [0.5, 0.6) is 0 Å². The highest BCUT2D eigenvalue weighted by atomic mass is 35.7. The van der Waals surface area contributed by atoms with E-state index in [1.165, 1.54) is 0 Å². The summed E-state index contributed by atoms with van der Waals surface area (Å²) in [6.45, 7) is 5.36. The molecule has 0 aromatic heterocycles. The van der Waals surface area contributed by atoms with Gasteiger partial charge in [-0.2, -0.15) is 0 Å². The number of carbonyl (C=O) groups is 1. The van der Waals surface area contributed by atoms with Crippen LogP contribution in [0.2, 0.25) is 5.02 Å². The maximum absolute atomic E-state index is 14.1. The maximum atomic E-state index is 14.1. The summed E-state index contributed by atoms with van der Waals surface area (Å²) < 4.78 is 36.6. The Hall–Kier alpha value is -0.850. The van der Waals surface area contributed by atoms with Crippen LogP contribution in [0.15, 0.2) is 17.0 Å². The van der Waals surface area contributed by atoms with Crippen molar-refractivity contribution >= 4 is 37.2 Å². The first-order valence-corrected chi connectivity index (χ1v) is 8.43. The van der Waals surface area contributed by atoms with Gasteiger partial charge in [0, 0.05) is 21.2 Å². The van der Waals surface area contributed by atoms with Crippen molar-refractivity contribution in [3.63, 3.8) is 0 Å². The summed E-state index contributed by atoms with van der Waals surface area (Å²) in [5, 5.41) is 2.50. The minimum Gasteiger partial charge on any atom is -0.347 e. The second-order valence-corrected chi connectivity index (χ2v) is 7.87. The predicted molar refractivity (Wildman–Crippen MR) is 76.3 cm³/mol. The van der Waals surface area contributed by atoms with Gasteiger partial charge in [0.1, 0.15) is 4.90 Å². The van der Waals surface area contributed by atoms with Gasteiger partial charge in [-0.05, 0) is 32.4 Å². The summed E-state index contributed by atoms with van der Waals surface area (Å²) in [5.41, 5.74) is -1.02. The maximum Gasteiger partial charge on any atom is 0.264 e. The lowest BCUT2D eigenvalue weighted by atomic mass is 10.0. The van der Waals surface area contributed by atoms with E-state index in [9.17, 15) is 17.6 Å². The fourth-order valence-electron chi connectivity index (χ4n) is 1.37. The molecule has 20 heavy (non-hydrogen) atoms. The van der Waals surface area contributed by atoms with Gasteiger partial charge in [-0.25, -0.2) is 12.8 Å². The topological polar surface area (TPSA) is 63.2 Å². The normalized spacial score (nSPS) is 12.3. The van der Waals surface area contributed by atoms with Crippen LogP contribution in [0, 0.1) is 5.82 Å². The Morgan fingerprint density at radius 1 is 1.40 bits per heavy atom. The smallest absolute Gasteiger partial charge is 0.264 e. The van der Waals surface area contributed by atoms with Crippen molar-refractivity contribution in [3.8, 4) is 0 Å². The molecule has 1 aromatic rings. The van der Waals surface area contributed by atoms with E-state index in [-0.39, 0.29) is 5.02 Å². The summed E-state index contributed by atoms with van der Waals surface area (Å²) in [5.74, 6) is -1.97. The van der Waals surface area contributed by atoms with Gasteiger partial charge in [-0.1, -0.05) is 18.5 Å². The molecule has 112 valence electrons. The lowest BCUT2D eigenvalue weighted by Crippen LogP contribution is -2.43. The second kappa shape index (κ2) is 5.87. The summed E-state index contributed by atoms with van der Waals surface area (Å²) in [6.07, 6.45) is 0.613. The zero-order valence-corrected chi connectivity index (χ0v) is 13.5. The third-order valence-electron chi connectivity index (χ3n) is 2.85. The molecule has 0 heterocycles. The van der Waals surface area contributed by atoms with E-state index in [0.717, 1.165) is 12.1 Å². The first kappa shape index (κ1) is 17.2. The molecule has 1 amide bonds. The molecule has 1 rings (SSSR count). The molecule has 0 saturated heterocycles. The van der Waals surface area contributed by atoms with Crippen LogP contribution in [0.3, 0.4) is 0 Å². The van der Waals surface area contributed by atoms with Crippen molar-refractivity contribution < 1.29 is 17.6 Å². The van der Waals surface area contributed by atoms with Gasteiger partial charge in [-0.3, -0.25) is 4.79 Å². The highest BCUT2D eigenvalue weighted by Gasteiger charge is 2.26. The molecule has 0 atom stereocenters. The number of hydrogen-bond donors (Lipinski definition) is 1. The van der Waals surface area contributed by atoms with Crippen molar-refractivity contribution in [3.05, 3.63) is 28.5 Å². The molecule has 0 spiro atoms. The van der Waals surface area contributed by atoms with Gasteiger partial charge in [-0.15, -0.1) is 0 Å². The molecule has 1 N–H and O–H groups in total. The third kappa shape index (κ3) is 4.07. The summed E-state index contributed by atoms with van der Waals surface area (Å²) in [6, 6.07) is 1.92. The summed E-state index contributed by atoms with van der Waals surface area (Å²) >= 11 is 5.71. The number of benzene rings is 1. The van der Waals surface area contributed by atoms with E-state index < -0.39 is 36.8 Å². The average Bonchev–Trinajstić information content (AvgIpc) is 2.29. The van der Waals surface area contributed by atoms with Crippen LogP contribution in [0.25, 0.3) is 0 Å². The van der Waals surface area contributed by atoms with Gasteiger partial charge in [0.25, 0.3) is 15.0 Å². The zero-order valence-electron chi connectivity index (χ0n) is 11.1. The fourth-order valence-corrected chi connectivity index (χ4v) is 2.58. The molecule has 4 nitrogen and oxygen atoms in total. The monoisotopic (exact) mass is 341 g/mol. The molecular formula is C12H14Cl2FNO3S. The number of nitrogens with one attached hydrogen (secondary N) is 1. The van der Waals surface area contributed by atoms with E-state index in [1.54, 1.807) is 13.8 Å². The largest absolute Gasteiger partial charge is 0.347 e. The number of amides is 1. The summed E-state index contributed by atoms with van der Waals surface area (Å²) in [7, 11) is 0.786. The molecule has 0 fully saturated rings. The van der Waals surface area contributed by atoms with Crippen molar-refractivity contribution in [2.75, 3.05) is 0 Å². The van der Waals surface area contributed by atoms with Crippen LogP contribution < -0.4 is 5.32 Å². The van der Waals surface area contributed by atoms with Crippen molar-refractivity contribution in [1.29, 1.82) is 0 Å². The fraction of sp³-hybridized carbons (Fsp3) is 0.417. The number of halogens is 3. The van der Waals surface area contributed by atoms with Gasteiger partial charge < -0.3 is 5.32 Å². The molecule has 0 radical (unpaired) electrons. The van der Waals surface area contributed by atoms with Gasteiger partial charge in [0.2, 0.25) is 0 Å².